The van der Waals surface area contributed by atoms with E-state index in [-0.39, 0.29) is 0 Å². The fourth-order valence-corrected chi connectivity index (χ4v) is 1.55. The predicted molar refractivity (Wildman–Crippen MR) is 53.0 cm³/mol. The molecule has 14 heavy (non-hydrogen) atoms. The maximum Gasteiger partial charge on any atom is 0.329 e. The Labute approximate surface area is 83.9 Å². The summed E-state index contributed by atoms with van der Waals surface area (Å²) in [5.74, 6) is -0.936. The largest absolute Gasteiger partial charge is 0.478 e. The third-order valence-electron chi connectivity index (χ3n) is 2.25. The zero-order valence-corrected chi connectivity index (χ0v) is 8.24. The van der Waals surface area contributed by atoms with Crippen LogP contribution in [0.2, 0.25) is 0 Å². The van der Waals surface area contributed by atoms with Crippen LogP contribution in [0.3, 0.4) is 0 Å². The molecule has 0 aromatic carbocycles. The van der Waals surface area contributed by atoms with Crippen molar-refractivity contribution < 1.29 is 14.6 Å². The van der Waals surface area contributed by atoms with Crippen molar-refractivity contribution in [2.24, 2.45) is 0 Å². The second-order valence-electron chi connectivity index (χ2n) is 3.40. The van der Waals surface area contributed by atoms with E-state index in [4.69, 9.17) is 9.84 Å². The minimum atomic E-state index is -0.936. The lowest BCUT2D eigenvalue weighted by Gasteiger charge is -2.10. The van der Waals surface area contributed by atoms with E-state index in [0.29, 0.717) is 19.3 Å². The molecule has 1 aliphatic rings. The van der Waals surface area contributed by atoms with E-state index in [0.717, 1.165) is 6.08 Å². The Morgan fingerprint density at radius 1 is 1.50 bits per heavy atom. The molecular formula is C10H17NO3. The molecule has 0 unspecified atom stereocenters. The fraction of sp³-hybridized carbons (Fsp3) is 0.700. The van der Waals surface area contributed by atoms with Crippen LogP contribution in [0.5, 0.6) is 0 Å². The van der Waals surface area contributed by atoms with Crippen LogP contribution in [0.4, 0.5) is 0 Å². The molecule has 0 spiro atoms. The van der Waals surface area contributed by atoms with E-state index in [9.17, 15) is 4.79 Å². The maximum absolute atomic E-state index is 10.1. The summed E-state index contributed by atoms with van der Waals surface area (Å²) in [4.78, 5) is 10.1. The Balaban J connectivity index is 1.91. The number of carboxylic acids is 1. The van der Waals surface area contributed by atoms with Crippen molar-refractivity contribution in [2.45, 2.75) is 31.8 Å². The topological polar surface area (TPSA) is 58.6 Å². The van der Waals surface area contributed by atoms with Crippen molar-refractivity contribution in [3.05, 3.63) is 12.3 Å². The molecule has 1 rings (SSSR count). The molecule has 0 aromatic rings. The summed E-state index contributed by atoms with van der Waals surface area (Å²) < 4.78 is 5.57. The van der Waals surface area contributed by atoms with Crippen LogP contribution < -0.4 is 5.32 Å². The van der Waals surface area contributed by atoms with Gasteiger partial charge in [-0.3, -0.25) is 0 Å². The summed E-state index contributed by atoms with van der Waals surface area (Å²) in [7, 11) is 0. The standard InChI is InChI=1S/C10H17NO3/c12-10(13)5-6-11-7-8-14-9-3-1-2-4-9/h5-6,9,11H,1-4,7-8H2,(H,12,13)/b6-5+. The molecule has 80 valence electrons. The first-order valence-electron chi connectivity index (χ1n) is 5.03. The van der Waals surface area contributed by atoms with E-state index in [1.165, 1.54) is 31.9 Å². The van der Waals surface area contributed by atoms with Crippen molar-refractivity contribution in [3.63, 3.8) is 0 Å². The lowest BCUT2D eigenvalue weighted by Crippen LogP contribution is -2.18. The van der Waals surface area contributed by atoms with Gasteiger partial charge in [-0.25, -0.2) is 4.79 Å². The molecule has 1 saturated carbocycles. The van der Waals surface area contributed by atoms with Crippen molar-refractivity contribution in [1.82, 2.24) is 5.32 Å². The number of hydrogen-bond donors (Lipinski definition) is 2. The van der Waals surface area contributed by atoms with E-state index in [1.807, 2.05) is 0 Å². The number of aliphatic carboxylic acids is 1. The molecule has 0 bridgehead atoms. The summed E-state index contributed by atoms with van der Waals surface area (Å²) in [6.45, 7) is 1.31. The first-order valence-corrected chi connectivity index (χ1v) is 5.03. The molecule has 1 fully saturated rings. The average Bonchev–Trinajstić information content (AvgIpc) is 2.63. The highest BCUT2D eigenvalue weighted by Crippen LogP contribution is 2.20. The van der Waals surface area contributed by atoms with E-state index < -0.39 is 5.97 Å². The number of carbonyl (C=O) groups is 1. The Morgan fingerprint density at radius 3 is 2.86 bits per heavy atom. The first-order chi connectivity index (χ1) is 6.79. The molecule has 4 heteroatoms. The van der Waals surface area contributed by atoms with Crippen LogP contribution in [0.15, 0.2) is 12.3 Å². The highest BCUT2D eigenvalue weighted by molar-refractivity contribution is 5.79. The lowest BCUT2D eigenvalue weighted by atomic mass is 10.3. The number of carboxylic acid groups (broad SMARTS) is 1. The van der Waals surface area contributed by atoms with Gasteiger partial charge >= 0.3 is 5.97 Å². The summed E-state index contributed by atoms with van der Waals surface area (Å²) in [5, 5.41) is 11.1. The molecule has 0 aliphatic heterocycles. The van der Waals surface area contributed by atoms with Crippen LogP contribution in [0.25, 0.3) is 0 Å². The third kappa shape index (κ3) is 4.87. The van der Waals surface area contributed by atoms with Gasteiger partial charge < -0.3 is 15.2 Å². The van der Waals surface area contributed by atoms with Crippen LogP contribution >= 0.6 is 0 Å². The van der Waals surface area contributed by atoms with E-state index in [2.05, 4.69) is 5.32 Å². The summed E-state index contributed by atoms with van der Waals surface area (Å²) in [5.41, 5.74) is 0. The molecule has 0 aromatic heterocycles. The van der Waals surface area contributed by atoms with Crippen molar-refractivity contribution in [3.8, 4) is 0 Å². The van der Waals surface area contributed by atoms with Gasteiger partial charge in [0.15, 0.2) is 0 Å². The number of hydrogen-bond acceptors (Lipinski definition) is 3. The minimum Gasteiger partial charge on any atom is -0.478 e. The molecule has 0 heterocycles. The van der Waals surface area contributed by atoms with Gasteiger partial charge in [0.25, 0.3) is 0 Å². The lowest BCUT2D eigenvalue weighted by molar-refractivity contribution is -0.131. The second kappa shape index (κ2) is 6.43. The van der Waals surface area contributed by atoms with Crippen LogP contribution in [-0.4, -0.2) is 30.3 Å². The van der Waals surface area contributed by atoms with Gasteiger partial charge in [-0.2, -0.15) is 0 Å². The quantitative estimate of drug-likeness (QED) is 0.497. The second-order valence-corrected chi connectivity index (χ2v) is 3.40. The Bertz CT molecular complexity index is 198. The van der Waals surface area contributed by atoms with Gasteiger partial charge in [0.1, 0.15) is 0 Å². The third-order valence-corrected chi connectivity index (χ3v) is 2.25. The molecule has 4 nitrogen and oxygen atoms in total. The zero-order valence-electron chi connectivity index (χ0n) is 8.24. The van der Waals surface area contributed by atoms with Crippen LogP contribution in [0, 0.1) is 0 Å². The Morgan fingerprint density at radius 2 is 2.21 bits per heavy atom. The number of nitrogens with one attached hydrogen (secondary N) is 1. The summed E-state index contributed by atoms with van der Waals surface area (Å²) in [6, 6.07) is 0. The SMILES string of the molecule is O=C(O)/C=C/NCCOC1CCCC1. The smallest absolute Gasteiger partial charge is 0.329 e. The normalized spacial score (nSPS) is 17.7. The van der Waals surface area contributed by atoms with Gasteiger partial charge in [-0.05, 0) is 12.8 Å². The summed E-state index contributed by atoms with van der Waals surface area (Å²) >= 11 is 0. The maximum atomic E-state index is 10.1. The monoisotopic (exact) mass is 199 g/mol. The van der Waals surface area contributed by atoms with Gasteiger partial charge in [-0.15, -0.1) is 0 Å². The van der Waals surface area contributed by atoms with E-state index in [1.54, 1.807) is 0 Å². The van der Waals surface area contributed by atoms with Crippen LogP contribution in [0.1, 0.15) is 25.7 Å². The van der Waals surface area contributed by atoms with Crippen molar-refractivity contribution in [1.29, 1.82) is 0 Å². The number of rotatable bonds is 6. The molecule has 0 radical (unpaired) electrons. The highest BCUT2D eigenvalue weighted by Gasteiger charge is 2.14. The van der Waals surface area contributed by atoms with Crippen LogP contribution in [-0.2, 0) is 9.53 Å². The zero-order chi connectivity index (χ0) is 10.2. The molecule has 1 aliphatic carbocycles. The average molecular weight is 199 g/mol. The van der Waals surface area contributed by atoms with Crippen molar-refractivity contribution in [2.75, 3.05) is 13.2 Å². The highest BCUT2D eigenvalue weighted by atomic mass is 16.5. The van der Waals surface area contributed by atoms with Gasteiger partial charge in [0, 0.05) is 18.8 Å². The molecule has 0 atom stereocenters. The minimum absolute atomic E-state index is 0.431. The number of ether oxygens (including phenoxy) is 1. The van der Waals surface area contributed by atoms with Gasteiger partial charge in [-0.1, -0.05) is 12.8 Å². The molecule has 0 saturated heterocycles. The Kier molecular flexibility index (Phi) is 5.07. The summed E-state index contributed by atoms with van der Waals surface area (Å²) in [6.07, 6.45) is 7.83. The molecule has 0 amide bonds. The fourth-order valence-electron chi connectivity index (χ4n) is 1.55. The molecular weight excluding hydrogens is 182 g/mol. The van der Waals surface area contributed by atoms with Crippen molar-refractivity contribution >= 4 is 5.97 Å². The molecule has 2 N–H and O–H groups in total. The van der Waals surface area contributed by atoms with Gasteiger partial charge in [0.05, 0.1) is 12.7 Å². The predicted octanol–water partition coefficient (Wildman–Crippen LogP) is 1.13. The van der Waals surface area contributed by atoms with Gasteiger partial charge in [0.2, 0.25) is 0 Å². The first kappa shape index (κ1) is 11.0. The van der Waals surface area contributed by atoms with E-state index >= 15 is 0 Å². The Hall–Kier alpha value is -1.03.